The Balaban J connectivity index is 1.46. The highest BCUT2D eigenvalue weighted by atomic mass is 19.1. The topological polar surface area (TPSA) is 97.6 Å². The maximum Gasteiger partial charge on any atom is 0.262 e. The molecule has 0 bridgehead atoms. The number of nitrogens with one attached hydrogen (secondary N) is 2. The average molecular weight is 405 g/mol. The van der Waals surface area contributed by atoms with Crippen molar-refractivity contribution in [3.05, 3.63) is 84.4 Å². The van der Waals surface area contributed by atoms with E-state index in [1.807, 2.05) is 0 Å². The zero-order valence-corrected chi connectivity index (χ0v) is 15.6. The van der Waals surface area contributed by atoms with E-state index in [2.05, 4.69) is 20.7 Å². The summed E-state index contributed by atoms with van der Waals surface area (Å²) in [5.74, 6) is -0.898. The number of halogens is 1. The number of para-hydroxylation sites is 2. The number of benzene rings is 2. The van der Waals surface area contributed by atoms with Crippen molar-refractivity contribution in [3.8, 4) is 5.75 Å². The number of ether oxygens (including phenoxy) is 1. The first-order chi connectivity index (χ1) is 14.6. The van der Waals surface area contributed by atoms with Gasteiger partial charge in [-0.15, -0.1) is 0 Å². The molecule has 9 heteroatoms. The summed E-state index contributed by atoms with van der Waals surface area (Å²) in [6.45, 7) is -0.392. The first-order valence-corrected chi connectivity index (χ1v) is 8.98. The predicted octanol–water partition coefficient (Wildman–Crippen LogP) is 3.14. The molecule has 0 aliphatic heterocycles. The van der Waals surface area contributed by atoms with Crippen LogP contribution >= 0.6 is 0 Å². The fraction of sp³-hybridized carbons (Fsp3) is 0.0476. The van der Waals surface area contributed by atoms with Gasteiger partial charge in [-0.2, -0.15) is 9.61 Å². The first kappa shape index (κ1) is 19.1. The molecule has 8 nitrogen and oxygen atoms in total. The van der Waals surface area contributed by atoms with Gasteiger partial charge in [0.2, 0.25) is 0 Å². The fourth-order valence-corrected chi connectivity index (χ4v) is 2.79. The average Bonchev–Trinajstić information content (AvgIpc) is 3.24. The number of anilines is 2. The Labute approximate surface area is 170 Å². The van der Waals surface area contributed by atoms with E-state index in [-0.39, 0.29) is 17.0 Å². The van der Waals surface area contributed by atoms with E-state index in [0.29, 0.717) is 11.5 Å². The van der Waals surface area contributed by atoms with Crippen molar-refractivity contribution in [2.75, 3.05) is 17.2 Å². The second-order valence-electron chi connectivity index (χ2n) is 6.20. The number of amides is 2. The molecule has 2 heterocycles. The lowest BCUT2D eigenvalue weighted by atomic mass is 10.2. The van der Waals surface area contributed by atoms with Crippen LogP contribution in [-0.2, 0) is 4.79 Å². The maximum atomic E-state index is 13.7. The van der Waals surface area contributed by atoms with Crippen LogP contribution < -0.4 is 15.4 Å². The molecule has 150 valence electrons. The van der Waals surface area contributed by atoms with Crippen LogP contribution in [0.2, 0.25) is 0 Å². The minimum absolute atomic E-state index is 0.0538. The quantitative estimate of drug-likeness (QED) is 0.514. The molecular weight excluding hydrogens is 389 g/mol. The van der Waals surface area contributed by atoms with Gasteiger partial charge in [-0.3, -0.25) is 9.59 Å². The highest BCUT2D eigenvalue weighted by Gasteiger charge is 2.15. The molecule has 0 aliphatic rings. The van der Waals surface area contributed by atoms with Crippen molar-refractivity contribution < 1.29 is 18.7 Å². The van der Waals surface area contributed by atoms with E-state index in [1.165, 1.54) is 22.7 Å². The van der Waals surface area contributed by atoms with E-state index in [0.717, 1.165) is 0 Å². The molecule has 2 N–H and O–H groups in total. The van der Waals surface area contributed by atoms with Crippen molar-refractivity contribution in [1.29, 1.82) is 0 Å². The van der Waals surface area contributed by atoms with Crippen LogP contribution in [0, 0.1) is 5.82 Å². The van der Waals surface area contributed by atoms with Crippen LogP contribution in [0.5, 0.6) is 5.75 Å². The van der Waals surface area contributed by atoms with Gasteiger partial charge >= 0.3 is 0 Å². The molecule has 0 atom stereocenters. The molecule has 0 unspecified atom stereocenters. The lowest BCUT2D eigenvalue weighted by Crippen LogP contribution is -2.22. The van der Waals surface area contributed by atoms with E-state index in [9.17, 15) is 14.0 Å². The number of carbonyl (C=O) groups excluding carboxylic acids is 2. The second-order valence-corrected chi connectivity index (χ2v) is 6.20. The molecule has 4 rings (SSSR count). The van der Waals surface area contributed by atoms with Crippen LogP contribution in [0.4, 0.5) is 15.9 Å². The summed E-state index contributed by atoms with van der Waals surface area (Å²) in [5, 5.41) is 9.30. The summed E-state index contributed by atoms with van der Waals surface area (Å²) >= 11 is 0. The van der Waals surface area contributed by atoms with Gasteiger partial charge in [-0.1, -0.05) is 24.3 Å². The molecule has 0 fully saturated rings. The molecule has 0 saturated carbocycles. The fourth-order valence-electron chi connectivity index (χ4n) is 2.79. The number of fused-ring (bicyclic) bond motifs is 1. The second kappa shape index (κ2) is 8.39. The van der Waals surface area contributed by atoms with E-state index in [1.54, 1.807) is 54.9 Å². The van der Waals surface area contributed by atoms with Gasteiger partial charge in [-0.25, -0.2) is 9.37 Å². The van der Waals surface area contributed by atoms with Crippen molar-refractivity contribution in [2.24, 2.45) is 0 Å². The van der Waals surface area contributed by atoms with E-state index >= 15 is 0 Å². The summed E-state index contributed by atoms with van der Waals surface area (Å²) in [4.78, 5) is 29.0. The monoisotopic (exact) mass is 405 g/mol. The summed E-state index contributed by atoms with van der Waals surface area (Å²) < 4.78 is 20.7. The maximum absolute atomic E-state index is 13.7. The molecular formula is C21H16FN5O3. The molecule has 0 spiro atoms. The highest BCUT2D eigenvalue weighted by Crippen LogP contribution is 2.20. The Bertz CT molecular complexity index is 1220. The van der Waals surface area contributed by atoms with Gasteiger partial charge < -0.3 is 15.4 Å². The minimum atomic E-state index is -0.553. The van der Waals surface area contributed by atoms with E-state index in [4.69, 9.17) is 4.74 Å². The van der Waals surface area contributed by atoms with Gasteiger partial charge in [-0.05, 0) is 30.3 Å². The van der Waals surface area contributed by atoms with Crippen LogP contribution in [0.3, 0.4) is 0 Å². The zero-order valence-electron chi connectivity index (χ0n) is 15.6. The highest BCUT2D eigenvalue weighted by molar-refractivity contribution is 6.06. The summed E-state index contributed by atoms with van der Waals surface area (Å²) in [6, 6.07) is 15.6. The van der Waals surface area contributed by atoms with Gasteiger partial charge in [0.15, 0.2) is 12.3 Å². The third-order valence-corrected chi connectivity index (χ3v) is 4.17. The Hall–Kier alpha value is -4.27. The molecule has 2 aromatic carbocycles. The third kappa shape index (κ3) is 4.09. The standard InChI is InChI=1S/C21H16FN5O3/c22-15-6-2-3-7-16(15)25-20(28)13-30-17-8-4-1-5-14(17)21(29)26-19-9-11-23-18-10-12-24-27(18)19/h1-12H,13H2,(H,25,28)(H,26,29). The number of aromatic nitrogens is 3. The summed E-state index contributed by atoms with van der Waals surface area (Å²) in [7, 11) is 0. The van der Waals surface area contributed by atoms with Crippen LogP contribution in [0.1, 0.15) is 10.4 Å². The number of hydrogen-bond donors (Lipinski definition) is 2. The minimum Gasteiger partial charge on any atom is -0.483 e. The molecule has 0 aliphatic carbocycles. The number of hydrogen-bond acceptors (Lipinski definition) is 5. The van der Waals surface area contributed by atoms with Crippen molar-refractivity contribution >= 4 is 29.0 Å². The van der Waals surface area contributed by atoms with Gasteiger partial charge in [0, 0.05) is 12.3 Å². The lowest BCUT2D eigenvalue weighted by molar-refractivity contribution is -0.118. The van der Waals surface area contributed by atoms with Gasteiger partial charge in [0.1, 0.15) is 17.4 Å². The van der Waals surface area contributed by atoms with Crippen molar-refractivity contribution in [3.63, 3.8) is 0 Å². The molecule has 4 aromatic rings. The molecule has 2 amide bonds. The number of nitrogens with zero attached hydrogens (tertiary/aromatic N) is 3. The third-order valence-electron chi connectivity index (χ3n) is 4.17. The smallest absolute Gasteiger partial charge is 0.262 e. The summed E-state index contributed by atoms with van der Waals surface area (Å²) in [6.07, 6.45) is 3.13. The lowest BCUT2D eigenvalue weighted by Gasteiger charge is -2.12. The zero-order chi connectivity index (χ0) is 20.9. The Morgan fingerprint density at radius 2 is 1.77 bits per heavy atom. The largest absolute Gasteiger partial charge is 0.483 e. The normalized spacial score (nSPS) is 10.6. The summed E-state index contributed by atoms with van der Waals surface area (Å²) in [5.41, 5.74) is 0.869. The molecule has 2 aromatic heterocycles. The molecule has 30 heavy (non-hydrogen) atoms. The predicted molar refractivity (Wildman–Crippen MR) is 108 cm³/mol. The number of carbonyl (C=O) groups is 2. The Kier molecular flexibility index (Phi) is 5.33. The van der Waals surface area contributed by atoms with Crippen molar-refractivity contribution in [2.45, 2.75) is 0 Å². The molecule has 0 saturated heterocycles. The SMILES string of the molecule is O=C(COc1ccccc1C(=O)Nc1ccnc2ccnn12)Nc1ccccc1F. The first-order valence-electron chi connectivity index (χ1n) is 8.98. The Morgan fingerprint density at radius 1 is 0.967 bits per heavy atom. The van der Waals surface area contributed by atoms with Crippen molar-refractivity contribution in [1.82, 2.24) is 14.6 Å². The van der Waals surface area contributed by atoms with Crippen LogP contribution in [0.15, 0.2) is 73.1 Å². The van der Waals surface area contributed by atoms with Crippen LogP contribution in [0.25, 0.3) is 5.65 Å². The van der Waals surface area contributed by atoms with Gasteiger partial charge in [0.25, 0.3) is 11.8 Å². The van der Waals surface area contributed by atoms with E-state index < -0.39 is 24.2 Å². The Morgan fingerprint density at radius 3 is 2.63 bits per heavy atom. The van der Waals surface area contributed by atoms with Crippen LogP contribution in [-0.4, -0.2) is 33.0 Å². The molecule has 0 radical (unpaired) electrons. The number of rotatable bonds is 6. The van der Waals surface area contributed by atoms with Gasteiger partial charge in [0.05, 0.1) is 17.4 Å².